The van der Waals surface area contributed by atoms with Crippen LogP contribution in [0.15, 0.2) is 216 Å². The Morgan fingerprint density at radius 1 is 0.345 bits per heavy atom. The molecule has 4 heterocycles. The summed E-state index contributed by atoms with van der Waals surface area (Å²) in [7, 11) is 0. The average Bonchev–Trinajstić information content (AvgIpc) is 3.82. The van der Waals surface area contributed by atoms with E-state index in [1.165, 1.54) is 109 Å². The molecule has 1 unspecified atom stereocenters. The molecule has 13 rings (SSSR count). The standard InChI is InChI=1S/C55H34N2S/c1-6-22-48-40(13-1)41-14-2-7-23-49(41)56(48)38-33-31-36(32-34-38)35-27-29-37(30-28-35)39-16-11-21-47-54(39)58-52-26-10-5-19-45(52)55(47)44-18-4-9-25-51(44)57-50-24-8-3-15-42(50)43-17-12-20-46(55)53(43)57/h1-34H. The first-order valence-corrected chi connectivity index (χ1v) is 20.8. The normalized spacial score (nSPS) is 15.2. The zero-order valence-electron chi connectivity index (χ0n) is 31.4. The van der Waals surface area contributed by atoms with Crippen molar-refractivity contribution in [2.75, 3.05) is 0 Å². The van der Waals surface area contributed by atoms with Gasteiger partial charge in [0.25, 0.3) is 0 Å². The van der Waals surface area contributed by atoms with Crippen LogP contribution < -0.4 is 0 Å². The summed E-state index contributed by atoms with van der Waals surface area (Å²) in [5.41, 5.74) is 17.2. The van der Waals surface area contributed by atoms with Gasteiger partial charge in [0.15, 0.2) is 0 Å². The molecule has 58 heavy (non-hydrogen) atoms. The molecule has 11 aromatic rings. The second kappa shape index (κ2) is 12.0. The smallest absolute Gasteiger partial charge is 0.0764 e. The van der Waals surface area contributed by atoms with Crippen molar-refractivity contribution in [1.29, 1.82) is 0 Å². The van der Waals surface area contributed by atoms with Crippen LogP contribution in [0.2, 0.25) is 0 Å². The predicted octanol–water partition coefficient (Wildman–Crippen LogP) is 14.4. The van der Waals surface area contributed by atoms with Crippen LogP contribution in [-0.4, -0.2) is 9.13 Å². The van der Waals surface area contributed by atoms with Gasteiger partial charge in [-0.3, -0.25) is 0 Å². The first-order valence-electron chi connectivity index (χ1n) is 20.0. The molecule has 2 aromatic heterocycles. The van der Waals surface area contributed by atoms with E-state index in [1.54, 1.807) is 0 Å². The monoisotopic (exact) mass is 754 g/mol. The highest BCUT2D eigenvalue weighted by molar-refractivity contribution is 7.99. The number of hydrogen-bond acceptors (Lipinski definition) is 1. The lowest BCUT2D eigenvalue weighted by Crippen LogP contribution is -2.37. The fraction of sp³-hybridized carbons (Fsp3) is 0.0182. The molecule has 2 aliphatic heterocycles. The molecule has 0 saturated heterocycles. The average molecular weight is 755 g/mol. The van der Waals surface area contributed by atoms with E-state index in [9.17, 15) is 0 Å². The molecule has 0 radical (unpaired) electrons. The summed E-state index contributed by atoms with van der Waals surface area (Å²) in [6.45, 7) is 0. The topological polar surface area (TPSA) is 9.86 Å². The molecule has 3 heteroatoms. The Labute approximate surface area is 340 Å². The molecule has 270 valence electrons. The van der Waals surface area contributed by atoms with Gasteiger partial charge in [0, 0.05) is 37.0 Å². The summed E-state index contributed by atoms with van der Waals surface area (Å²) < 4.78 is 4.89. The van der Waals surface area contributed by atoms with Crippen LogP contribution in [-0.2, 0) is 5.41 Å². The van der Waals surface area contributed by atoms with Gasteiger partial charge in [-0.2, -0.15) is 0 Å². The van der Waals surface area contributed by atoms with Gasteiger partial charge in [0.2, 0.25) is 0 Å². The third kappa shape index (κ3) is 4.18. The molecule has 2 nitrogen and oxygen atoms in total. The number of fused-ring (bicyclic) bond motifs is 14. The van der Waals surface area contributed by atoms with Crippen LogP contribution in [0.3, 0.4) is 0 Å². The van der Waals surface area contributed by atoms with E-state index in [4.69, 9.17) is 0 Å². The molecule has 2 aliphatic rings. The minimum atomic E-state index is -0.494. The Kier molecular flexibility index (Phi) is 6.62. The Bertz CT molecular complexity index is 3420. The number of nitrogens with zero attached hydrogens (tertiary/aromatic N) is 2. The van der Waals surface area contributed by atoms with Crippen molar-refractivity contribution >= 4 is 55.4 Å². The maximum absolute atomic E-state index is 2.52. The van der Waals surface area contributed by atoms with Crippen LogP contribution >= 0.6 is 11.8 Å². The molecule has 9 aromatic carbocycles. The van der Waals surface area contributed by atoms with Gasteiger partial charge in [-0.1, -0.05) is 176 Å². The van der Waals surface area contributed by atoms with Crippen molar-refractivity contribution in [1.82, 2.24) is 9.13 Å². The number of aromatic nitrogens is 2. The van der Waals surface area contributed by atoms with Crippen LogP contribution in [0.4, 0.5) is 0 Å². The van der Waals surface area contributed by atoms with Crippen molar-refractivity contribution < 1.29 is 0 Å². The van der Waals surface area contributed by atoms with Gasteiger partial charge in [0.1, 0.15) is 0 Å². The summed E-state index contributed by atoms with van der Waals surface area (Å²) >= 11 is 1.92. The van der Waals surface area contributed by atoms with Gasteiger partial charge < -0.3 is 9.13 Å². The van der Waals surface area contributed by atoms with Crippen molar-refractivity contribution in [3.8, 4) is 33.6 Å². The molecular formula is C55H34N2S. The second-order valence-electron chi connectivity index (χ2n) is 15.6. The summed E-state index contributed by atoms with van der Waals surface area (Å²) in [4.78, 5) is 2.62. The van der Waals surface area contributed by atoms with E-state index in [0.717, 1.165) is 0 Å². The van der Waals surface area contributed by atoms with E-state index >= 15 is 0 Å². The molecule has 0 saturated carbocycles. The fourth-order valence-corrected chi connectivity index (χ4v) is 11.7. The Morgan fingerprint density at radius 2 is 0.845 bits per heavy atom. The summed E-state index contributed by atoms with van der Waals surface area (Å²) in [6, 6.07) is 76.7. The minimum Gasteiger partial charge on any atom is -0.309 e. The van der Waals surface area contributed by atoms with Crippen LogP contribution in [0, 0.1) is 0 Å². The lowest BCUT2D eigenvalue weighted by molar-refractivity contribution is 0.690. The third-order valence-corrected chi connectivity index (χ3v) is 14.0. The van der Waals surface area contributed by atoms with E-state index in [1.807, 2.05) is 11.8 Å². The first kappa shape index (κ1) is 32.1. The van der Waals surface area contributed by atoms with Gasteiger partial charge in [-0.25, -0.2) is 0 Å². The first-order chi connectivity index (χ1) is 28.8. The molecule has 0 amide bonds. The number of para-hydroxylation sites is 5. The van der Waals surface area contributed by atoms with Crippen LogP contribution in [0.1, 0.15) is 22.3 Å². The molecule has 1 atom stereocenters. The Hall–Kier alpha value is -7.07. The van der Waals surface area contributed by atoms with Crippen molar-refractivity contribution in [3.05, 3.63) is 229 Å². The van der Waals surface area contributed by atoms with E-state index in [0.29, 0.717) is 0 Å². The van der Waals surface area contributed by atoms with Crippen molar-refractivity contribution in [2.24, 2.45) is 0 Å². The number of hydrogen-bond donors (Lipinski definition) is 0. The second-order valence-corrected chi connectivity index (χ2v) is 16.6. The number of rotatable bonds is 3. The fourth-order valence-electron chi connectivity index (χ4n) is 10.4. The largest absolute Gasteiger partial charge is 0.309 e. The quantitative estimate of drug-likeness (QED) is 0.175. The molecule has 0 bridgehead atoms. The zero-order chi connectivity index (χ0) is 38.0. The molecule has 1 spiro atoms. The highest BCUT2D eigenvalue weighted by Gasteiger charge is 2.49. The zero-order valence-corrected chi connectivity index (χ0v) is 32.2. The van der Waals surface area contributed by atoms with Crippen molar-refractivity contribution in [2.45, 2.75) is 15.2 Å². The van der Waals surface area contributed by atoms with Crippen LogP contribution in [0.5, 0.6) is 0 Å². The third-order valence-electron chi connectivity index (χ3n) is 12.8. The maximum Gasteiger partial charge on any atom is 0.0764 e. The van der Waals surface area contributed by atoms with Crippen LogP contribution in [0.25, 0.3) is 77.2 Å². The van der Waals surface area contributed by atoms with E-state index in [2.05, 4.69) is 215 Å². The highest BCUT2D eigenvalue weighted by Crippen LogP contribution is 2.61. The molecule has 0 fully saturated rings. The van der Waals surface area contributed by atoms with E-state index in [-0.39, 0.29) is 0 Å². The molecule has 0 N–H and O–H groups in total. The molecule has 0 aliphatic carbocycles. The maximum atomic E-state index is 2.52. The van der Waals surface area contributed by atoms with Gasteiger partial charge >= 0.3 is 0 Å². The highest BCUT2D eigenvalue weighted by atomic mass is 32.2. The Morgan fingerprint density at radius 3 is 1.57 bits per heavy atom. The summed E-state index contributed by atoms with van der Waals surface area (Å²) in [5.74, 6) is 0. The predicted molar refractivity (Wildman–Crippen MR) is 242 cm³/mol. The summed E-state index contributed by atoms with van der Waals surface area (Å²) in [6.07, 6.45) is 0. The lowest BCUT2D eigenvalue weighted by Gasteiger charge is -2.45. The molecular weight excluding hydrogens is 721 g/mol. The lowest BCUT2D eigenvalue weighted by atomic mass is 9.62. The van der Waals surface area contributed by atoms with Gasteiger partial charge in [-0.05, 0) is 87.0 Å². The van der Waals surface area contributed by atoms with Gasteiger partial charge in [-0.15, -0.1) is 0 Å². The number of benzene rings is 9. The van der Waals surface area contributed by atoms with Gasteiger partial charge in [0.05, 0.1) is 33.2 Å². The van der Waals surface area contributed by atoms with E-state index < -0.39 is 5.41 Å². The minimum absolute atomic E-state index is 0.494. The SMILES string of the molecule is c1ccc2c(c1)Sc1c(-c3ccc(-c4ccc(-n5c6ccccc6c6ccccc65)cc4)cc3)cccc1C21c2ccccc2-n2c3ccccc3c3cccc1c32. The Balaban J connectivity index is 0.961. The van der Waals surface area contributed by atoms with Crippen molar-refractivity contribution in [3.63, 3.8) is 0 Å². The summed E-state index contributed by atoms with van der Waals surface area (Å²) in [5, 5.41) is 5.15.